The van der Waals surface area contributed by atoms with Crippen molar-refractivity contribution in [3.05, 3.63) is 40.1 Å². The first-order valence-corrected chi connectivity index (χ1v) is 6.20. The number of rotatable bonds is 3. The van der Waals surface area contributed by atoms with Crippen molar-refractivity contribution in [2.45, 2.75) is 20.8 Å². The Morgan fingerprint density at radius 1 is 1.25 bits per heavy atom. The number of halogens is 1. The summed E-state index contributed by atoms with van der Waals surface area (Å²) in [7, 11) is 0. The second kappa shape index (κ2) is 5.48. The summed E-state index contributed by atoms with van der Waals surface area (Å²) in [5, 5.41) is 3.07. The van der Waals surface area contributed by atoms with Gasteiger partial charge in [-0.2, -0.15) is 0 Å². The lowest BCUT2D eigenvalue weighted by atomic mass is 9.91. The molecule has 1 rings (SSSR count). The van der Waals surface area contributed by atoms with Crippen molar-refractivity contribution >= 4 is 34.1 Å². The van der Waals surface area contributed by atoms with Gasteiger partial charge in [-0.15, -0.1) is 0 Å². The van der Waals surface area contributed by atoms with Gasteiger partial charge in [-0.05, 0) is 52.9 Å². The molecule has 1 N–H and O–H groups in total. The van der Waals surface area contributed by atoms with E-state index in [1.165, 1.54) is 3.57 Å². The highest BCUT2D eigenvalue weighted by Crippen LogP contribution is 2.15. The lowest BCUT2D eigenvalue weighted by molar-refractivity contribution is -0.121. The van der Waals surface area contributed by atoms with Gasteiger partial charge in [0.1, 0.15) is 0 Å². The fourth-order valence-corrected chi connectivity index (χ4v) is 1.37. The Morgan fingerprint density at radius 2 is 1.81 bits per heavy atom. The molecule has 0 heterocycles. The Hall–Kier alpha value is -0.840. The second-order valence-electron chi connectivity index (χ2n) is 4.60. The molecule has 2 nitrogen and oxygen atoms in total. The smallest absolute Gasteiger partial charge is 0.162 e. The lowest BCUT2D eigenvalue weighted by Crippen LogP contribution is -2.17. The van der Waals surface area contributed by atoms with Crippen LogP contribution in [-0.2, 0) is 4.79 Å². The highest BCUT2D eigenvalue weighted by atomic mass is 127. The molecule has 0 amide bonds. The Balaban J connectivity index is 2.55. The zero-order valence-electron chi connectivity index (χ0n) is 9.75. The van der Waals surface area contributed by atoms with E-state index >= 15 is 0 Å². The highest BCUT2D eigenvalue weighted by molar-refractivity contribution is 14.1. The number of hydrogen-bond acceptors (Lipinski definition) is 2. The van der Waals surface area contributed by atoms with E-state index in [9.17, 15) is 4.79 Å². The monoisotopic (exact) mass is 329 g/mol. The molecule has 16 heavy (non-hydrogen) atoms. The summed E-state index contributed by atoms with van der Waals surface area (Å²) in [5.41, 5.74) is 0.669. The predicted octanol–water partition coefficient (Wildman–Crippen LogP) is 3.83. The fraction of sp³-hybridized carbons (Fsp3) is 0.308. The molecule has 0 fully saturated rings. The quantitative estimate of drug-likeness (QED) is 0.674. The number of hydrogen-bond donors (Lipinski definition) is 1. The minimum Gasteiger partial charge on any atom is -0.362 e. The number of anilines is 1. The Kier molecular flexibility index (Phi) is 4.53. The first-order chi connectivity index (χ1) is 7.39. The average molecular weight is 329 g/mol. The molecule has 0 spiro atoms. The molecule has 0 aliphatic rings. The third-order valence-corrected chi connectivity index (χ3v) is 2.79. The third-order valence-electron chi connectivity index (χ3n) is 2.07. The van der Waals surface area contributed by atoms with Crippen molar-refractivity contribution in [2.24, 2.45) is 5.41 Å². The summed E-state index contributed by atoms with van der Waals surface area (Å²) in [6, 6.07) is 7.99. The molecule has 1 aromatic carbocycles. The van der Waals surface area contributed by atoms with Gasteiger partial charge in [0.2, 0.25) is 0 Å². The van der Waals surface area contributed by atoms with Crippen LogP contribution in [0.2, 0.25) is 0 Å². The van der Waals surface area contributed by atoms with Crippen LogP contribution in [0.15, 0.2) is 36.5 Å². The van der Waals surface area contributed by atoms with Gasteiger partial charge in [-0.1, -0.05) is 20.8 Å². The number of benzene rings is 1. The molecule has 0 aromatic heterocycles. The zero-order valence-corrected chi connectivity index (χ0v) is 11.9. The van der Waals surface area contributed by atoms with Crippen molar-refractivity contribution in [3.63, 3.8) is 0 Å². The van der Waals surface area contributed by atoms with Gasteiger partial charge >= 0.3 is 0 Å². The Labute approximate surface area is 110 Å². The van der Waals surface area contributed by atoms with Crippen LogP contribution in [0.3, 0.4) is 0 Å². The van der Waals surface area contributed by atoms with E-state index < -0.39 is 0 Å². The van der Waals surface area contributed by atoms with Gasteiger partial charge in [0.15, 0.2) is 5.78 Å². The van der Waals surface area contributed by atoms with Crippen molar-refractivity contribution in [1.82, 2.24) is 0 Å². The summed E-state index contributed by atoms with van der Waals surface area (Å²) in [5.74, 6) is 0.116. The maximum absolute atomic E-state index is 11.6. The number of carbonyl (C=O) groups excluding carboxylic acids is 1. The summed E-state index contributed by atoms with van der Waals surface area (Å²) in [6.45, 7) is 5.72. The first-order valence-electron chi connectivity index (χ1n) is 5.13. The van der Waals surface area contributed by atoms with Gasteiger partial charge in [-0.3, -0.25) is 4.79 Å². The van der Waals surface area contributed by atoms with Crippen LogP contribution in [0.5, 0.6) is 0 Å². The van der Waals surface area contributed by atoms with Crippen molar-refractivity contribution < 1.29 is 4.79 Å². The van der Waals surface area contributed by atoms with Crippen molar-refractivity contribution in [3.8, 4) is 0 Å². The van der Waals surface area contributed by atoms with E-state index in [1.807, 2.05) is 45.0 Å². The van der Waals surface area contributed by atoms with Gasteiger partial charge < -0.3 is 5.32 Å². The van der Waals surface area contributed by atoms with Crippen LogP contribution in [-0.4, -0.2) is 5.78 Å². The molecule has 0 unspecified atom stereocenters. The Morgan fingerprint density at radius 3 is 2.31 bits per heavy atom. The summed E-state index contributed by atoms with van der Waals surface area (Å²) in [4.78, 5) is 11.6. The van der Waals surface area contributed by atoms with Gasteiger partial charge in [-0.25, -0.2) is 0 Å². The van der Waals surface area contributed by atoms with Crippen LogP contribution in [0, 0.1) is 8.99 Å². The summed E-state index contributed by atoms with van der Waals surface area (Å²) in [6.07, 6.45) is 3.27. The van der Waals surface area contributed by atoms with E-state index in [2.05, 4.69) is 27.9 Å². The number of ketones is 1. The molecular weight excluding hydrogens is 313 g/mol. The van der Waals surface area contributed by atoms with Crippen molar-refractivity contribution in [2.75, 3.05) is 5.32 Å². The largest absolute Gasteiger partial charge is 0.362 e. The maximum Gasteiger partial charge on any atom is 0.162 e. The molecular formula is C13H16INO. The first kappa shape index (κ1) is 13.2. The van der Waals surface area contributed by atoms with Gasteiger partial charge in [0, 0.05) is 20.9 Å². The molecule has 0 atom stereocenters. The number of carbonyl (C=O) groups is 1. The van der Waals surface area contributed by atoms with E-state index in [0.717, 1.165) is 5.69 Å². The second-order valence-corrected chi connectivity index (χ2v) is 5.84. The molecule has 0 bridgehead atoms. The zero-order chi connectivity index (χ0) is 12.2. The molecule has 3 heteroatoms. The summed E-state index contributed by atoms with van der Waals surface area (Å²) >= 11 is 2.26. The number of allylic oxidation sites excluding steroid dienone is 1. The minimum absolute atomic E-state index is 0.116. The number of nitrogens with one attached hydrogen (secondary N) is 1. The third kappa shape index (κ3) is 4.35. The van der Waals surface area contributed by atoms with Gasteiger partial charge in [0.25, 0.3) is 0 Å². The fourth-order valence-electron chi connectivity index (χ4n) is 1.01. The van der Waals surface area contributed by atoms with Crippen LogP contribution in [0.25, 0.3) is 0 Å². The molecule has 0 radical (unpaired) electrons. The van der Waals surface area contributed by atoms with E-state index in [4.69, 9.17) is 0 Å². The van der Waals surface area contributed by atoms with E-state index in [1.54, 1.807) is 12.3 Å². The topological polar surface area (TPSA) is 29.1 Å². The SMILES string of the molecule is CC(C)(C)C(=O)/C=C/Nc1ccc(I)cc1. The maximum atomic E-state index is 11.6. The molecule has 0 saturated heterocycles. The van der Waals surface area contributed by atoms with E-state index in [-0.39, 0.29) is 11.2 Å². The average Bonchev–Trinajstić information content (AvgIpc) is 2.19. The van der Waals surface area contributed by atoms with Crippen LogP contribution in [0.1, 0.15) is 20.8 Å². The molecule has 0 saturated carbocycles. The van der Waals surface area contributed by atoms with Crippen molar-refractivity contribution in [1.29, 1.82) is 0 Å². The van der Waals surface area contributed by atoms with Gasteiger partial charge in [0.05, 0.1) is 0 Å². The normalized spacial score (nSPS) is 11.8. The van der Waals surface area contributed by atoms with Crippen LogP contribution >= 0.6 is 22.6 Å². The van der Waals surface area contributed by atoms with E-state index in [0.29, 0.717) is 0 Å². The van der Waals surface area contributed by atoms with Crippen LogP contribution in [0.4, 0.5) is 5.69 Å². The lowest BCUT2D eigenvalue weighted by Gasteiger charge is -2.12. The molecule has 0 aliphatic heterocycles. The summed E-state index contributed by atoms with van der Waals surface area (Å²) < 4.78 is 1.19. The Bertz CT molecular complexity index is 387. The molecule has 86 valence electrons. The highest BCUT2D eigenvalue weighted by Gasteiger charge is 2.17. The minimum atomic E-state index is -0.315. The standard InChI is InChI=1S/C13H16INO/c1-13(2,3)12(16)8-9-15-11-6-4-10(14)5-7-11/h4-9,15H,1-3H3/b9-8+. The van der Waals surface area contributed by atoms with Crippen LogP contribution < -0.4 is 5.32 Å². The molecule has 0 aliphatic carbocycles. The molecule has 1 aromatic rings. The predicted molar refractivity (Wildman–Crippen MR) is 76.4 cm³/mol.